The Morgan fingerprint density at radius 2 is 2.11 bits per heavy atom. The number of nitrogens with one attached hydrogen (secondary N) is 2. The first-order valence-electron chi connectivity index (χ1n) is 9.98. The molecule has 28 heavy (non-hydrogen) atoms. The van der Waals surface area contributed by atoms with Gasteiger partial charge in [-0.3, -0.25) is 0 Å². The average Bonchev–Trinajstić information content (AvgIpc) is 3.35. The minimum absolute atomic E-state index is 0. The van der Waals surface area contributed by atoms with Gasteiger partial charge in [-0.2, -0.15) is 0 Å². The van der Waals surface area contributed by atoms with E-state index in [2.05, 4.69) is 47.7 Å². The minimum atomic E-state index is 0. The molecule has 1 aromatic carbocycles. The Morgan fingerprint density at radius 3 is 2.82 bits per heavy atom. The molecular weight excluding hydrogens is 465 g/mol. The first-order valence-corrected chi connectivity index (χ1v) is 9.98. The number of halogens is 1. The summed E-state index contributed by atoms with van der Waals surface area (Å²) in [7, 11) is 0. The second-order valence-electron chi connectivity index (χ2n) is 7.06. The Kier molecular flexibility index (Phi) is 9.60. The van der Waals surface area contributed by atoms with E-state index in [1.54, 1.807) is 6.20 Å². The molecule has 0 saturated heterocycles. The van der Waals surface area contributed by atoms with Crippen molar-refractivity contribution in [2.45, 2.75) is 58.7 Å². The lowest BCUT2D eigenvalue weighted by Crippen LogP contribution is -2.38. The Balaban J connectivity index is 0.00000280. The van der Waals surface area contributed by atoms with Crippen molar-refractivity contribution in [2.75, 3.05) is 13.1 Å². The van der Waals surface area contributed by atoms with E-state index < -0.39 is 0 Å². The average molecular weight is 497 g/mol. The third kappa shape index (κ3) is 7.00. The molecule has 154 valence electrons. The van der Waals surface area contributed by atoms with Crippen molar-refractivity contribution in [1.29, 1.82) is 0 Å². The Labute approximate surface area is 185 Å². The molecule has 1 fully saturated rings. The van der Waals surface area contributed by atoms with Crippen LogP contribution in [-0.2, 0) is 13.1 Å². The molecule has 1 aromatic heterocycles. The van der Waals surface area contributed by atoms with Gasteiger partial charge in [0.05, 0.1) is 19.0 Å². The van der Waals surface area contributed by atoms with Crippen LogP contribution in [-0.4, -0.2) is 34.7 Å². The largest absolute Gasteiger partial charge is 0.490 e. The normalized spacial score (nSPS) is 14.6. The summed E-state index contributed by atoms with van der Waals surface area (Å²) in [6, 6.07) is 6.41. The molecule has 0 aliphatic heterocycles. The van der Waals surface area contributed by atoms with Crippen LogP contribution in [0.3, 0.4) is 0 Å². The molecule has 0 bridgehead atoms. The Hall–Kier alpha value is -1.77. The van der Waals surface area contributed by atoms with Crippen molar-refractivity contribution < 1.29 is 4.74 Å². The third-order valence-electron chi connectivity index (χ3n) is 4.79. The van der Waals surface area contributed by atoms with Crippen LogP contribution < -0.4 is 15.4 Å². The molecular formula is C21H32IN5O. The highest BCUT2D eigenvalue weighted by Crippen LogP contribution is 2.28. The maximum Gasteiger partial charge on any atom is 0.191 e. The predicted octanol–water partition coefficient (Wildman–Crippen LogP) is 3.89. The predicted molar refractivity (Wildman–Crippen MR) is 125 cm³/mol. The van der Waals surface area contributed by atoms with Crippen molar-refractivity contribution in [3.05, 3.63) is 48.0 Å². The quantitative estimate of drug-likeness (QED) is 0.330. The summed E-state index contributed by atoms with van der Waals surface area (Å²) in [6.45, 7) is 7.26. The Morgan fingerprint density at radius 1 is 1.29 bits per heavy atom. The third-order valence-corrected chi connectivity index (χ3v) is 4.79. The van der Waals surface area contributed by atoms with E-state index in [9.17, 15) is 0 Å². The number of guanidine groups is 1. The SMILES string of the molecule is CCNC(=NCc1ccc(C)cc1OC1CCCC1)NCCn1ccnc1.I. The van der Waals surface area contributed by atoms with Gasteiger partial charge >= 0.3 is 0 Å². The summed E-state index contributed by atoms with van der Waals surface area (Å²) in [5.74, 6) is 1.81. The van der Waals surface area contributed by atoms with Crippen molar-refractivity contribution in [3.63, 3.8) is 0 Å². The summed E-state index contributed by atoms with van der Waals surface area (Å²) in [4.78, 5) is 8.82. The highest BCUT2D eigenvalue weighted by atomic mass is 127. The number of nitrogens with zero attached hydrogens (tertiary/aromatic N) is 3. The summed E-state index contributed by atoms with van der Waals surface area (Å²) in [6.07, 6.45) is 10.8. The van der Waals surface area contributed by atoms with Crippen LogP contribution in [0.2, 0.25) is 0 Å². The van der Waals surface area contributed by atoms with Crippen LogP contribution in [0.15, 0.2) is 41.9 Å². The molecule has 1 aliphatic rings. The van der Waals surface area contributed by atoms with Crippen LogP contribution in [0.5, 0.6) is 5.75 Å². The summed E-state index contributed by atoms with van der Waals surface area (Å²) < 4.78 is 8.34. The fourth-order valence-electron chi connectivity index (χ4n) is 3.32. The van der Waals surface area contributed by atoms with E-state index in [0.29, 0.717) is 12.6 Å². The molecule has 1 heterocycles. The second-order valence-corrected chi connectivity index (χ2v) is 7.06. The lowest BCUT2D eigenvalue weighted by atomic mass is 10.1. The van der Waals surface area contributed by atoms with Crippen molar-refractivity contribution in [1.82, 2.24) is 20.2 Å². The summed E-state index contributed by atoms with van der Waals surface area (Å²) in [5.41, 5.74) is 2.36. The number of imidazole rings is 1. The number of rotatable bonds is 8. The first-order chi connectivity index (χ1) is 13.2. The summed E-state index contributed by atoms with van der Waals surface area (Å²) >= 11 is 0. The molecule has 0 spiro atoms. The van der Waals surface area contributed by atoms with E-state index >= 15 is 0 Å². The van der Waals surface area contributed by atoms with E-state index in [-0.39, 0.29) is 24.0 Å². The van der Waals surface area contributed by atoms with Gasteiger partial charge in [0, 0.05) is 37.6 Å². The number of hydrogen-bond acceptors (Lipinski definition) is 3. The zero-order valence-electron chi connectivity index (χ0n) is 16.9. The minimum Gasteiger partial charge on any atom is -0.490 e. The van der Waals surface area contributed by atoms with Gasteiger partial charge in [0.25, 0.3) is 0 Å². The highest BCUT2D eigenvalue weighted by Gasteiger charge is 2.18. The molecule has 2 N–H and O–H groups in total. The van der Waals surface area contributed by atoms with Crippen LogP contribution in [0.1, 0.15) is 43.7 Å². The van der Waals surface area contributed by atoms with Gasteiger partial charge in [0.2, 0.25) is 0 Å². The molecule has 0 radical (unpaired) electrons. The number of aliphatic imine (C=N–C) groups is 1. The van der Waals surface area contributed by atoms with Gasteiger partial charge in [0.1, 0.15) is 5.75 Å². The first kappa shape index (κ1) is 22.5. The molecule has 0 atom stereocenters. The molecule has 6 nitrogen and oxygen atoms in total. The maximum absolute atomic E-state index is 6.29. The van der Waals surface area contributed by atoms with Crippen LogP contribution in [0.25, 0.3) is 0 Å². The Bertz CT molecular complexity index is 726. The summed E-state index contributed by atoms with van der Waals surface area (Å²) in [5, 5.41) is 6.69. The molecule has 2 aromatic rings. The van der Waals surface area contributed by atoms with Crippen molar-refractivity contribution >= 4 is 29.9 Å². The van der Waals surface area contributed by atoms with E-state index in [1.807, 2.05) is 17.1 Å². The number of aryl methyl sites for hydroxylation is 1. The fraction of sp³-hybridized carbons (Fsp3) is 0.524. The number of aromatic nitrogens is 2. The molecule has 1 aliphatic carbocycles. The van der Waals surface area contributed by atoms with Gasteiger partial charge in [0.15, 0.2) is 5.96 Å². The van der Waals surface area contributed by atoms with Gasteiger partial charge in [-0.15, -0.1) is 24.0 Å². The zero-order chi connectivity index (χ0) is 18.9. The van der Waals surface area contributed by atoms with E-state index in [4.69, 9.17) is 9.73 Å². The molecule has 3 rings (SSSR count). The van der Waals surface area contributed by atoms with Crippen LogP contribution in [0.4, 0.5) is 0 Å². The lowest BCUT2D eigenvalue weighted by Gasteiger charge is -2.17. The topological polar surface area (TPSA) is 63.5 Å². The highest BCUT2D eigenvalue weighted by molar-refractivity contribution is 14.0. The smallest absolute Gasteiger partial charge is 0.191 e. The zero-order valence-corrected chi connectivity index (χ0v) is 19.2. The van der Waals surface area contributed by atoms with E-state index in [0.717, 1.165) is 49.7 Å². The molecule has 1 saturated carbocycles. The van der Waals surface area contributed by atoms with Gasteiger partial charge < -0.3 is 19.9 Å². The van der Waals surface area contributed by atoms with Gasteiger partial charge in [-0.05, 0) is 51.2 Å². The fourth-order valence-corrected chi connectivity index (χ4v) is 3.32. The lowest BCUT2D eigenvalue weighted by molar-refractivity contribution is 0.208. The second kappa shape index (κ2) is 11.9. The van der Waals surface area contributed by atoms with Crippen molar-refractivity contribution in [2.24, 2.45) is 4.99 Å². The molecule has 0 unspecified atom stereocenters. The van der Waals surface area contributed by atoms with Crippen LogP contribution >= 0.6 is 24.0 Å². The van der Waals surface area contributed by atoms with Gasteiger partial charge in [-0.1, -0.05) is 12.1 Å². The van der Waals surface area contributed by atoms with Crippen molar-refractivity contribution in [3.8, 4) is 5.75 Å². The monoisotopic (exact) mass is 497 g/mol. The maximum atomic E-state index is 6.29. The molecule has 0 amide bonds. The number of benzene rings is 1. The van der Waals surface area contributed by atoms with Crippen LogP contribution in [0, 0.1) is 6.92 Å². The standard InChI is InChI=1S/C21H31N5O.HI/c1-3-23-21(24-11-13-26-12-10-22-16-26)25-15-18-9-8-17(2)14-20(18)27-19-6-4-5-7-19;/h8-10,12,14,16,19H,3-7,11,13,15H2,1-2H3,(H2,23,24,25);1H. The van der Waals surface area contributed by atoms with E-state index in [1.165, 1.54) is 18.4 Å². The van der Waals surface area contributed by atoms with Gasteiger partial charge in [-0.25, -0.2) is 9.98 Å². The number of ether oxygens (including phenoxy) is 1. The number of hydrogen-bond donors (Lipinski definition) is 2. The molecule has 7 heteroatoms.